The zero-order chi connectivity index (χ0) is 20.5. The third-order valence-corrected chi connectivity index (χ3v) is 4.07. The maximum Gasteiger partial charge on any atom is 0.325 e. The second-order valence-electron chi connectivity index (χ2n) is 5.89. The molecule has 1 atom stereocenters. The highest BCUT2D eigenvalue weighted by atomic mass is 35.5. The Balaban J connectivity index is 1.76. The Hall–Kier alpha value is -3.06. The van der Waals surface area contributed by atoms with E-state index in [-0.39, 0.29) is 12.6 Å². The molecule has 0 aliphatic rings. The van der Waals surface area contributed by atoms with Crippen LogP contribution in [0.15, 0.2) is 48.5 Å². The van der Waals surface area contributed by atoms with E-state index in [0.717, 1.165) is 5.56 Å². The Morgan fingerprint density at radius 3 is 2.57 bits per heavy atom. The van der Waals surface area contributed by atoms with Gasteiger partial charge in [0, 0.05) is 5.02 Å². The van der Waals surface area contributed by atoms with E-state index in [1.54, 1.807) is 49.4 Å². The van der Waals surface area contributed by atoms with Gasteiger partial charge in [0.25, 0.3) is 11.8 Å². The van der Waals surface area contributed by atoms with Gasteiger partial charge in [-0.25, -0.2) is 0 Å². The van der Waals surface area contributed by atoms with Gasteiger partial charge in [-0.15, -0.1) is 0 Å². The van der Waals surface area contributed by atoms with Crippen molar-refractivity contribution < 1.29 is 23.9 Å². The van der Waals surface area contributed by atoms with Crippen molar-refractivity contribution in [1.82, 2.24) is 10.6 Å². The number of benzene rings is 2. The molecule has 28 heavy (non-hydrogen) atoms. The van der Waals surface area contributed by atoms with Crippen LogP contribution in [0, 0.1) is 0 Å². The molecule has 8 heteroatoms. The summed E-state index contributed by atoms with van der Waals surface area (Å²) in [4.78, 5) is 35.8. The van der Waals surface area contributed by atoms with Crippen LogP contribution in [-0.2, 0) is 14.3 Å². The lowest BCUT2D eigenvalue weighted by molar-refractivity contribution is -0.147. The third kappa shape index (κ3) is 6.28. The molecule has 2 amide bonds. The number of halogens is 1. The molecule has 0 heterocycles. The molecule has 0 aromatic heterocycles. The summed E-state index contributed by atoms with van der Waals surface area (Å²) >= 11 is 5.93. The smallest absolute Gasteiger partial charge is 0.325 e. The molecule has 7 nitrogen and oxygen atoms in total. The molecule has 0 saturated heterocycles. The van der Waals surface area contributed by atoms with Crippen molar-refractivity contribution in [3.8, 4) is 5.75 Å². The fourth-order valence-electron chi connectivity index (χ4n) is 2.42. The second kappa shape index (κ2) is 10.3. The molecule has 2 rings (SSSR count). The van der Waals surface area contributed by atoms with Crippen LogP contribution < -0.4 is 15.4 Å². The standard InChI is InChI=1S/C20H21ClN2O5/c1-13(14-6-5-7-15(21)10-14)23-18(24)12-28-19(25)11-22-20(26)16-8-3-4-9-17(16)27-2/h3-10,13H,11-12H2,1-2H3,(H,22,26)(H,23,24)/t13-/m0/s1. The van der Waals surface area contributed by atoms with Crippen LogP contribution in [0.5, 0.6) is 5.75 Å². The molecule has 2 aromatic carbocycles. The minimum atomic E-state index is -0.728. The van der Waals surface area contributed by atoms with Crippen molar-refractivity contribution in [3.63, 3.8) is 0 Å². The third-order valence-electron chi connectivity index (χ3n) is 3.84. The highest BCUT2D eigenvalue weighted by Gasteiger charge is 2.15. The van der Waals surface area contributed by atoms with Crippen LogP contribution in [0.1, 0.15) is 28.9 Å². The van der Waals surface area contributed by atoms with E-state index >= 15 is 0 Å². The largest absolute Gasteiger partial charge is 0.496 e. The molecule has 0 unspecified atom stereocenters. The summed E-state index contributed by atoms with van der Waals surface area (Å²) in [6, 6.07) is 13.4. The van der Waals surface area contributed by atoms with Crippen molar-refractivity contribution in [2.75, 3.05) is 20.3 Å². The lowest BCUT2D eigenvalue weighted by Crippen LogP contribution is -2.34. The van der Waals surface area contributed by atoms with Gasteiger partial charge in [0.1, 0.15) is 12.3 Å². The second-order valence-corrected chi connectivity index (χ2v) is 6.32. The highest BCUT2D eigenvalue weighted by Crippen LogP contribution is 2.17. The van der Waals surface area contributed by atoms with Crippen molar-refractivity contribution in [3.05, 3.63) is 64.7 Å². The van der Waals surface area contributed by atoms with Gasteiger partial charge in [0.2, 0.25) is 0 Å². The Kier molecular flexibility index (Phi) is 7.83. The quantitative estimate of drug-likeness (QED) is 0.659. The first-order valence-electron chi connectivity index (χ1n) is 8.52. The zero-order valence-electron chi connectivity index (χ0n) is 15.5. The van der Waals surface area contributed by atoms with E-state index in [1.165, 1.54) is 7.11 Å². The monoisotopic (exact) mass is 404 g/mol. The van der Waals surface area contributed by atoms with Crippen LogP contribution in [0.2, 0.25) is 5.02 Å². The van der Waals surface area contributed by atoms with E-state index in [4.69, 9.17) is 21.1 Å². The number of nitrogens with one attached hydrogen (secondary N) is 2. The van der Waals surface area contributed by atoms with E-state index in [9.17, 15) is 14.4 Å². The fraction of sp³-hybridized carbons (Fsp3) is 0.250. The van der Waals surface area contributed by atoms with Gasteiger partial charge in [0.15, 0.2) is 6.61 Å². The summed E-state index contributed by atoms with van der Waals surface area (Å²) in [5, 5.41) is 5.70. The summed E-state index contributed by atoms with van der Waals surface area (Å²) < 4.78 is 9.98. The summed E-state index contributed by atoms with van der Waals surface area (Å²) in [6.45, 7) is 0.973. The predicted molar refractivity (Wildman–Crippen MR) is 104 cm³/mol. The van der Waals surface area contributed by atoms with Gasteiger partial charge in [-0.05, 0) is 36.8 Å². The number of ether oxygens (including phenoxy) is 2. The number of carbonyl (C=O) groups is 3. The van der Waals surface area contributed by atoms with Crippen LogP contribution in [0.25, 0.3) is 0 Å². The molecular weight excluding hydrogens is 384 g/mol. The van der Waals surface area contributed by atoms with Crippen molar-refractivity contribution >= 4 is 29.4 Å². The molecular formula is C20H21ClN2O5. The van der Waals surface area contributed by atoms with Crippen LogP contribution >= 0.6 is 11.6 Å². The molecule has 148 valence electrons. The van der Waals surface area contributed by atoms with E-state index < -0.39 is 24.4 Å². The van der Waals surface area contributed by atoms with Crippen molar-refractivity contribution in [2.24, 2.45) is 0 Å². The molecule has 2 N–H and O–H groups in total. The Bertz CT molecular complexity index is 856. The molecule has 0 spiro atoms. The van der Waals surface area contributed by atoms with Crippen molar-refractivity contribution in [1.29, 1.82) is 0 Å². The Labute approximate surface area is 168 Å². The van der Waals surface area contributed by atoms with E-state index in [0.29, 0.717) is 16.3 Å². The number of methoxy groups -OCH3 is 1. The van der Waals surface area contributed by atoms with Gasteiger partial charge < -0.3 is 20.1 Å². The Morgan fingerprint density at radius 1 is 1.11 bits per heavy atom. The topological polar surface area (TPSA) is 93.7 Å². The Morgan fingerprint density at radius 2 is 1.86 bits per heavy atom. The lowest BCUT2D eigenvalue weighted by atomic mass is 10.1. The SMILES string of the molecule is COc1ccccc1C(=O)NCC(=O)OCC(=O)N[C@@H](C)c1cccc(Cl)c1. The van der Waals surface area contributed by atoms with Gasteiger partial charge in [-0.3, -0.25) is 14.4 Å². The first-order valence-corrected chi connectivity index (χ1v) is 8.90. The van der Waals surface area contributed by atoms with Crippen LogP contribution in [0.3, 0.4) is 0 Å². The minimum Gasteiger partial charge on any atom is -0.496 e. The van der Waals surface area contributed by atoms with Crippen molar-refractivity contribution in [2.45, 2.75) is 13.0 Å². The van der Waals surface area contributed by atoms with E-state index in [2.05, 4.69) is 10.6 Å². The van der Waals surface area contributed by atoms with E-state index in [1.807, 2.05) is 6.07 Å². The molecule has 0 aliphatic carbocycles. The molecule has 0 aliphatic heterocycles. The summed E-state index contributed by atoms with van der Waals surface area (Å²) in [6.07, 6.45) is 0. The number of rotatable bonds is 8. The first kappa shape index (κ1) is 21.2. The summed E-state index contributed by atoms with van der Waals surface area (Å²) in [7, 11) is 1.45. The predicted octanol–water partition coefficient (Wildman–Crippen LogP) is 2.50. The van der Waals surface area contributed by atoms with Gasteiger partial charge in [-0.2, -0.15) is 0 Å². The van der Waals surface area contributed by atoms with Crippen LogP contribution in [0.4, 0.5) is 0 Å². The number of hydrogen-bond donors (Lipinski definition) is 2. The number of carbonyl (C=O) groups excluding carboxylic acids is 3. The first-order chi connectivity index (χ1) is 13.4. The number of hydrogen-bond acceptors (Lipinski definition) is 5. The number of esters is 1. The normalized spacial score (nSPS) is 11.2. The highest BCUT2D eigenvalue weighted by molar-refractivity contribution is 6.30. The summed E-state index contributed by atoms with van der Waals surface area (Å²) in [5.74, 6) is -1.28. The molecule has 0 radical (unpaired) electrons. The molecule has 0 bridgehead atoms. The van der Waals surface area contributed by atoms with Gasteiger partial charge in [0.05, 0.1) is 18.7 Å². The molecule has 0 fully saturated rings. The fourth-order valence-corrected chi connectivity index (χ4v) is 2.62. The summed E-state index contributed by atoms with van der Waals surface area (Å²) in [5.41, 5.74) is 1.13. The average Bonchev–Trinajstić information content (AvgIpc) is 2.70. The van der Waals surface area contributed by atoms with Gasteiger partial charge in [-0.1, -0.05) is 35.9 Å². The minimum absolute atomic E-state index is 0.296. The number of amides is 2. The zero-order valence-corrected chi connectivity index (χ0v) is 16.3. The average molecular weight is 405 g/mol. The maximum atomic E-state index is 12.1. The maximum absolute atomic E-state index is 12.1. The molecule has 2 aromatic rings. The lowest BCUT2D eigenvalue weighted by Gasteiger charge is -2.15. The number of para-hydroxylation sites is 1. The molecule has 0 saturated carbocycles. The van der Waals surface area contributed by atoms with Gasteiger partial charge >= 0.3 is 5.97 Å². The van der Waals surface area contributed by atoms with Crippen LogP contribution in [-0.4, -0.2) is 38.0 Å².